The summed E-state index contributed by atoms with van der Waals surface area (Å²) in [5.41, 5.74) is 6.10. The molecule has 0 saturated heterocycles. The van der Waals surface area contributed by atoms with Gasteiger partial charge >= 0.3 is 5.82 Å². The van der Waals surface area contributed by atoms with E-state index in [0.717, 1.165) is 13.0 Å². The van der Waals surface area contributed by atoms with Gasteiger partial charge in [0.15, 0.2) is 0 Å². The Morgan fingerprint density at radius 1 is 1.69 bits per heavy atom. The predicted octanol–water partition coefficient (Wildman–Crippen LogP) is 0.109. The van der Waals surface area contributed by atoms with Crippen molar-refractivity contribution in [2.75, 3.05) is 20.1 Å². The average molecular weight is 227 g/mol. The van der Waals surface area contributed by atoms with Crippen molar-refractivity contribution in [1.82, 2.24) is 14.7 Å². The quantitative estimate of drug-likeness (QED) is 0.550. The zero-order valence-corrected chi connectivity index (χ0v) is 9.59. The van der Waals surface area contributed by atoms with Gasteiger partial charge in [-0.15, -0.1) is 4.68 Å². The second-order valence-corrected chi connectivity index (χ2v) is 3.75. The highest BCUT2D eigenvalue weighted by atomic mass is 16.6. The number of nitro groups is 1. The third kappa shape index (κ3) is 3.28. The first-order chi connectivity index (χ1) is 7.54. The molecule has 1 aromatic heterocycles. The van der Waals surface area contributed by atoms with Crippen molar-refractivity contribution < 1.29 is 4.92 Å². The molecule has 0 radical (unpaired) electrons. The van der Waals surface area contributed by atoms with Gasteiger partial charge in [0.2, 0.25) is 0 Å². The molecule has 0 aliphatic carbocycles. The zero-order valence-electron chi connectivity index (χ0n) is 9.59. The number of nitrogens with zero attached hydrogens (tertiary/aromatic N) is 4. The molecule has 16 heavy (non-hydrogen) atoms. The van der Waals surface area contributed by atoms with Crippen LogP contribution in [0.1, 0.15) is 12.1 Å². The Morgan fingerprint density at radius 3 is 2.88 bits per heavy atom. The van der Waals surface area contributed by atoms with Crippen molar-refractivity contribution in [2.24, 2.45) is 12.8 Å². The van der Waals surface area contributed by atoms with Crippen LogP contribution in [0.3, 0.4) is 0 Å². The maximum atomic E-state index is 10.6. The van der Waals surface area contributed by atoms with Crippen LogP contribution in [0.2, 0.25) is 0 Å². The highest BCUT2D eigenvalue weighted by Gasteiger charge is 2.15. The van der Waals surface area contributed by atoms with Gasteiger partial charge in [-0.05, 0) is 31.5 Å². The smallest absolute Gasteiger partial charge is 0.344 e. The van der Waals surface area contributed by atoms with Gasteiger partial charge in [0, 0.05) is 6.54 Å². The first-order valence-electron chi connectivity index (χ1n) is 5.10. The van der Waals surface area contributed by atoms with Crippen molar-refractivity contribution in [1.29, 1.82) is 0 Å². The fourth-order valence-electron chi connectivity index (χ4n) is 1.48. The van der Waals surface area contributed by atoms with Crippen molar-refractivity contribution in [3.63, 3.8) is 0 Å². The summed E-state index contributed by atoms with van der Waals surface area (Å²) in [6.45, 7) is 2.11. The normalized spacial score (nSPS) is 11.0. The SMILES string of the molecule is CN(CCCN)Cc1cc([N+](=O)[O-])n(C)n1. The lowest BCUT2D eigenvalue weighted by Gasteiger charge is -2.13. The van der Waals surface area contributed by atoms with E-state index < -0.39 is 4.92 Å². The number of nitrogens with two attached hydrogens (primary N) is 1. The first-order valence-corrected chi connectivity index (χ1v) is 5.10. The largest absolute Gasteiger partial charge is 0.358 e. The fraction of sp³-hybridized carbons (Fsp3) is 0.667. The summed E-state index contributed by atoms with van der Waals surface area (Å²) in [5.74, 6) is 0.0159. The highest BCUT2D eigenvalue weighted by Crippen LogP contribution is 2.12. The molecule has 1 rings (SSSR count). The molecule has 0 fully saturated rings. The summed E-state index contributed by atoms with van der Waals surface area (Å²) in [6, 6.07) is 1.50. The average Bonchev–Trinajstić information content (AvgIpc) is 2.56. The summed E-state index contributed by atoms with van der Waals surface area (Å²) in [7, 11) is 3.51. The minimum absolute atomic E-state index is 0.0159. The highest BCUT2D eigenvalue weighted by molar-refractivity contribution is 5.22. The maximum Gasteiger partial charge on any atom is 0.344 e. The molecule has 0 atom stereocenters. The van der Waals surface area contributed by atoms with Gasteiger partial charge in [-0.2, -0.15) is 0 Å². The van der Waals surface area contributed by atoms with Crippen LogP contribution >= 0.6 is 0 Å². The Balaban J connectivity index is 2.60. The van der Waals surface area contributed by atoms with E-state index in [1.54, 1.807) is 7.05 Å². The zero-order chi connectivity index (χ0) is 12.1. The number of rotatable bonds is 6. The summed E-state index contributed by atoms with van der Waals surface area (Å²) in [5, 5.41) is 14.7. The topological polar surface area (TPSA) is 90.2 Å². The van der Waals surface area contributed by atoms with Crippen LogP contribution < -0.4 is 5.73 Å². The molecular formula is C9H17N5O2. The molecule has 1 aromatic rings. The molecule has 2 N–H and O–H groups in total. The van der Waals surface area contributed by atoms with E-state index in [9.17, 15) is 10.1 Å². The second kappa shape index (κ2) is 5.57. The van der Waals surface area contributed by atoms with Crippen molar-refractivity contribution in [2.45, 2.75) is 13.0 Å². The van der Waals surface area contributed by atoms with Crippen molar-refractivity contribution in [3.05, 3.63) is 21.9 Å². The molecule has 0 saturated carbocycles. The number of aryl methyl sites for hydroxylation is 1. The van der Waals surface area contributed by atoms with Gasteiger partial charge in [-0.3, -0.25) is 0 Å². The fourth-order valence-corrected chi connectivity index (χ4v) is 1.48. The van der Waals surface area contributed by atoms with Crippen LogP contribution in [0.5, 0.6) is 0 Å². The molecule has 1 heterocycles. The van der Waals surface area contributed by atoms with E-state index in [-0.39, 0.29) is 5.82 Å². The van der Waals surface area contributed by atoms with Crippen molar-refractivity contribution in [3.8, 4) is 0 Å². The Morgan fingerprint density at radius 2 is 2.38 bits per heavy atom. The lowest BCUT2D eigenvalue weighted by Crippen LogP contribution is -2.21. The molecule has 0 amide bonds. The van der Waals surface area contributed by atoms with Crippen LogP contribution in [0, 0.1) is 10.1 Å². The van der Waals surface area contributed by atoms with Crippen molar-refractivity contribution >= 4 is 5.82 Å². The molecule has 7 heteroatoms. The van der Waals surface area contributed by atoms with E-state index >= 15 is 0 Å². The minimum atomic E-state index is -0.434. The molecule has 7 nitrogen and oxygen atoms in total. The molecular weight excluding hydrogens is 210 g/mol. The van der Waals surface area contributed by atoms with Crippen LogP contribution in [0.4, 0.5) is 5.82 Å². The van der Waals surface area contributed by atoms with E-state index in [1.807, 2.05) is 11.9 Å². The van der Waals surface area contributed by atoms with Crippen LogP contribution in [-0.4, -0.2) is 39.7 Å². The third-order valence-electron chi connectivity index (χ3n) is 2.27. The van der Waals surface area contributed by atoms with Gasteiger partial charge in [0.25, 0.3) is 0 Å². The van der Waals surface area contributed by atoms with Crippen LogP contribution in [0.25, 0.3) is 0 Å². The Labute approximate surface area is 94.0 Å². The lowest BCUT2D eigenvalue weighted by atomic mass is 10.3. The Hall–Kier alpha value is -1.47. The third-order valence-corrected chi connectivity index (χ3v) is 2.27. The van der Waals surface area contributed by atoms with Gasteiger partial charge in [0.1, 0.15) is 12.7 Å². The summed E-state index contributed by atoms with van der Waals surface area (Å²) in [6.07, 6.45) is 0.908. The molecule has 0 spiro atoms. The van der Waals surface area contributed by atoms with Gasteiger partial charge in [-0.1, -0.05) is 5.10 Å². The lowest BCUT2D eigenvalue weighted by molar-refractivity contribution is -0.392. The summed E-state index contributed by atoms with van der Waals surface area (Å²) < 4.78 is 1.28. The number of aromatic nitrogens is 2. The Kier molecular flexibility index (Phi) is 4.39. The van der Waals surface area contributed by atoms with Gasteiger partial charge in [-0.25, -0.2) is 0 Å². The minimum Gasteiger partial charge on any atom is -0.358 e. The number of hydrogen-bond donors (Lipinski definition) is 1. The summed E-state index contributed by atoms with van der Waals surface area (Å²) >= 11 is 0. The first kappa shape index (κ1) is 12.6. The maximum absolute atomic E-state index is 10.6. The molecule has 0 aromatic carbocycles. The second-order valence-electron chi connectivity index (χ2n) is 3.75. The van der Waals surface area contributed by atoms with Crippen LogP contribution in [0.15, 0.2) is 6.07 Å². The predicted molar refractivity (Wildman–Crippen MR) is 59.9 cm³/mol. The summed E-state index contributed by atoms with van der Waals surface area (Å²) in [4.78, 5) is 12.2. The molecule has 0 bridgehead atoms. The van der Waals surface area contributed by atoms with E-state index in [0.29, 0.717) is 18.8 Å². The molecule has 0 aliphatic heterocycles. The molecule has 0 aliphatic rings. The van der Waals surface area contributed by atoms with Gasteiger partial charge in [0.05, 0.1) is 6.07 Å². The monoisotopic (exact) mass is 227 g/mol. The Bertz CT molecular complexity index is 363. The van der Waals surface area contributed by atoms with E-state index in [2.05, 4.69) is 5.10 Å². The van der Waals surface area contributed by atoms with Gasteiger partial charge < -0.3 is 20.7 Å². The van der Waals surface area contributed by atoms with E-state index in [1.165, 1.54) is 10.7 Å². The van der Waals surface area contributed by atoms with E-state index in [4.69, 9.17) is 5.73 Å². The van der Waals surface area contributed by atoms with Crippen LogP contribution in [-0.2, 0) is 13.6 Å². The molecule has 90 valence electrons. The number of hydrogen-bond acceptors (Lipinski definition) is 5. The molecule has 0 unspecified atom stereocenters. The standard InChI is InChI=1S/C9H17N5O2/c1-12(5-3-4-10)7-8-6-9(14(15)16)13(2)11-8/h6H,3-5,7,10H2,1-2H3.